The lowest BCUT2D eigenvalue weighted by atomic mass is 9.30. The molecule has 466 valence electrons. The predicted octanol–water partition coefficient (Wildman–Crippen LogP) is 20.6. The zero-order chi connectivity index (χ0) is 65.5. The molecule has 17 aromatic rings. The van der Waals surface area contributed by atoms with Crippen molar-refractivity contribution in [3.63, 3.8) is 0 Å². The van der Waals surface area contributed by atoms with E-state index in [2.05, 4.69) is 381 Å². The molecule has 0 saturated carbocycles. The maximum atomic E-state index is 6.70. The second kappa shape index (κ2) is 22.2. The van der Waals surface area contributed by atoms with E-state index in [1.54, 1.807) is 0 Å². The van der Waals surface area contributed by atoms with Crippen LogP contribution in [0.1, 0.15) is 0 Å². The van der Waals surface area contributed by atoms with E-state index in [0.29, 0.717) is 0 Å². The van der Waals surface area contributed by atoms with Gasteiger partial charge in [-0.3, -0.25) is 0 Å². The average molecular weight is 1280 g/mol. The van der Waals surface area contributed by atoms with Crippen LogP contribution in [0.5, 0.6) is 0 Å². The number of rotatable bonds is 10. The number of fused-ring (bicyclic) bond motifs is 14. The average Bonchev–Trinajstić information content (AvgIpc) is 0.746. The first-order chi connectivity index (χ1) is 49.6. The number of furan rings is 2. The summed E-state index contributed by atoms with van der Waals surface area (Å²) in [6.45, 7) is -0.468. The maximum absolute atomic E-state index is 6.70. The number of nitrogens with zero attached hydrogens (tertiary/aromatic N) is 6. The summed E-state index contributed by atoms with van der Waals surface area (Å²) in [7, 11) is 0. The second-order valence-electron chi connectivity index (χ2n) is 26.3. The molecule has 21 rings (SSSR count). The molecule has 0 spiro atoms. The quantitative estimate of drug-likeness (QED) is 0.126. The minimum absolute atomic E-state index is 0.234. The van der Waals surface area contributed by atoms with Crippen LogP contribution in [0.25, 0.3) is 43.9 Å². The van der Waals surface area contributed by atoms with Crippen molar-refractivity contribution < 1.29 is 8.83 Å². The molecule has 15 aromatic carbocycles. The van der Waals surface area contributed by atoms with Crippen molar-refractivity contribution in [3.05, 3.63) is 352 Å². The summed E-state index contributed by atoms with van der Waals surface area (Å²) in [5.41, 5.74) is 29.9. The van der Waals surface area contributed by atoms with Crippen LogP contribution < -0.4 is 62.2 Å². The van der Waals surface area contributed by atoms with Crippen LogP contribution >= 0.6 is 0 Å². The topological polar surface area (TPSA) is 45.7 Å². The van der Waals surface area contributed by atoms with Crippen LogP contribution in [0.3, 0.4) is 0 Å². The molecule has 4 aliphatic heterocycles. The third kappa shape index (κ3) is 8.50. The Balaban J connectivity index is 0.916. The lowest BCUT2D eigenvalue weighted by Gasteiger charge is -2.48. The Hall–Kier alpha value is -13.2. The van der Waals surface area contributed by atoms with Gasteiger partial charge in [-0.05, 0) is 197 Å². The maximum Gasteiger partial charge on any atom is 0.252 e. The minimum Gasteiger partial charge on any atom is -0.456 e. The van der Waals surface area contributed by atoms with Gasteiger partial charge in [-0.1, -0.05) is 188 Å². The van der Waals surface area contributed by atoms with E-state index in [1.165, 1.54) is 32.8 Å². The van der Waals surface area contributed by atoms with Crippen molar-refractivity contribution in [2.75, 3.05) is 29.4 Å². The molecule has 0 bridgehead atoms. The van der Waals surface area contributed by atoms with Crippen LogP contribution in [0.2, 0.25) is 0 Å². The number of hydrogen-bond acceptors (Lipinski definition) is 8. The Kier molecular flexibility index (Phi) is 12.4. The Morgan fingerprint density at radius 3 is 0.890 bits per heavy atom. The normalized spacial score (nSPS) is 13.1. The number of anilines is 18. The fourth-order valence-electron chi connectivity index (χ4n) is 16.8. The molecule has 4 aliphatic rings. The third-order valence-electron chi connectivity index (χ3n) is 20.9. The third-order valence-corrected chi connectivity index (χ3v) is 20.9. The van der Waals surface area contributed by atoms with E-state index in [1.807, 2.05) is 0 Å². The van der Waals surface area contributed by atoms with Gasteiger partial charge in [0.15, 0.2) is 0 Å². The molecule has 0 atom stereocenters. The van der Waals surface area contributed by atoms with Gasteiger partial charge >= 0.3 is 0 Å². The Labute approximate surface area is 579 Å². The molecule has 6 heterocycles. The molecule has 8 nitrogen and oxygen atoms in total. The molecular formula is C90H58B2N6O2. The van der Waals surface area contributed by atoms with Crippen LogP contribution in [0, 0.1) is 0 Å². The van der Waals surface area contributed by atoms with E-state index in [0.717, 1.165) is 146 Å². The van der Waals surface area contributed by atoms with Crippen molar-refractivity contribution in [3.8, 4) is 0 Å². The summed E-state index contributed by atoms with van der Waals surface area (Å²) < 4.78 is 13.4. The van der Waals surface area contributed by atoms with Gasteiger partial charge in [-0.15, -0.1) is 0 Å². The molecular weight excluding hydrogens is 1220 g/mol. The predicted molar refractivity (Wildman–Crippen MR) is 418 cm³/mol. The number of hydrogen-bond donors (Lipinski definition) is 0. The molecule has 0 radical (unpaired) electrons. The smallest absolute Gasteiger partial charge is 0.252 e. The molecule has 100 heavy (non-hydrogen) atoms. The van der Waals surface area contributed by atoms with E-state index in [-0.39, 0.29) is 13.4 Å². The Morgan fingerprint density at radius 2 is 0.510 bits per heavy atom. The zero-order valence-electron chi connectivity index (χ0n) is 54.1. The standard InChI is InChI=1S/C90H58B2N6O2/c1-7-27-59(28-8-1)93(60-29-9-2-10-30-60)67-53-81-89-83(55-67)97(65-47-49-87-71(51-65)69-39-19-25-45-85(69)99-87)79-58-80-76(57-75(79)91(89)73-41-21-23-43-77(73)95(81)63-35-15-5-16-36-63)92-74-42-22-24-44-78(74)96(64-37-17-6-18-38-64)82-54-68(94(61-31-11-3-12-32-61)62-33-13-4-14-34-62)56-84(90(82)92)98(80)66-48-50-88-72(52-66)70-40-20-26-46-86(70)100-88/h1-58H. The summed E-state index contributed by atoms with van der Waals surface area (Å²) in [5, 5.41) is 4.23. The monoisotopic (exact) mass is 1280 g/mol. The van der Waals surface area contributed by atoms with E-state index in [9.17, 15) is 0 Å². The highest BCUT2D eigenvalue weighted by Gasteiger charge is 2.49. The SMILES string of the molecule is c1ccc(N(c2ccccc2)c2cc3c4c(c2)N(c2ccc5oc6ccccc6c5c2)c2cc5c(cc2B4c2ccccc2N3c2ccccc2)B2c3ccccc3N(c3ccccc3)c3cc(N(c4ccccc4)c4ccccc4)cc(c32)N5c2ccc3oc4ccccc4c3c2)cc1. The largest absolute Gasteiger partial charge is 0.456 e. The minimum atomic E-state index is -0.234. The van der Waals surface area contributed by atoms with Gasteiger partial charge in [-0.2, -0.15) is 0 Å². The molecule has 0 saturated heterocycles. The fraction of sp³-hybridized carbons (Fsp3) is 0. The van der Waals surface area contributed by atoms with Gasteiger partial charge in [0.05, 0.1) is 11.4 Å². The summed E-state index contributed by atoms with van der Waals surface area (Å²) >= 11 is 0. The van der Waals surface area contributed by atoms with Gasteiger partial charge in [-0.25, -0.2) is 0 Å². The van der Waals surface area contributed by atoms with Crippen molar-refractivity contribution in [1.29, 1.82) is 0 Å². The van der Waals surface area contributed by atoms with Crippen LogP contribution in [-0.2, 0) is 0 Å². The van der Waals surface area contributed by atoms with E-state index < -0.39 is 0 Å². The van der Waals surface area contributed by atoms with Crippen molar-refractivity contribution in [1.82, 2.24) is 0 Å². The second-order valence-corrected chi connectivity index (χ2v) is 26.3. The number of para-hydroxylation sites is 10. The first kappa shape index (κ1) is 56.0. The van der Waals surface area contributed by atoms with Crippen LogP contribution in [-0.4, -0.2) is 13.4 Å². The van der Waals surface area contributed by atoms with Gasteiger partial charge in [0.25, 0.3) is 13.4 Å². The zero-order valence-corrected chi connectivity index (χ0v) is 54.1. The number of benzene rings is 15. The Morgan fingerprint density at radius 1 is 0.200 bits per heavy atom. The summed E-state index contributed by atoms with van der Waals surface area (Å²) in [4.78, 5) is 15.0. The molecule has 10 heteroatoms. The van der Waals surface area contributed by atoms with Crippen molar-refractivity contribution in [2.24, 2.45) is 0 Å². The van der Waals surface area contributed by atoms with Gasteiger partial charge in [0, 0.05) is 113 Å². The highest BCUT2D eigenvalue weighted by atomic mass is 16.3. The molecule has 0 unspecified atom stereocenters. The first-order valence-electron chi connectivity index (χ1n) is 34.3. The molecule has 0 N–H and O–H groups in total. The van der Waals surface area contributed by atoms with Crippen LogP contribution in [0.15, 0.2) is 361 Å². The first-order valence-corrected chi connectivity index (χ1v) is 34.3. The van der Waals surface area contributed by atoms with Gasteiger partial charge in [0.2, 0.25) is 0 Å². The van der Waals surface area contributed by atoms with Gasteiger partial charge < -0.3 is 38.2 Å². The lowest BCUT2D eigenvalue weighted by molar-refractivity contribution is 0.668. The van der Waals surface area contributed by atoms with Gasteiger partial charge in [0.1, 0.15) is 22.3 Å². The molecule has 0 amide bonds. The van der Waals surface area contributed by atoms with E-state index >= 15 is 0 Å². The summed E-state index contributed by atoms with van der Waals surface area (Å²) in [6.07, 6.45) is 0. The lowest BCUT2D eigenvalue weighted by Crippen LogP contribution is -2.65. The Bertz CT molecular complexity index is 5660. The fourth-order valence-corrected chi connectivity index (χ4v) is 16.8. The highest BCUT2D eigenvalue weighted by Crippen LogP contribution is 2.53. The summed E-state index contributed by atoms with van der Waals surface area (Å²) in [6, 6.07) is 129. The van der Waals surface area contributed by atoms with Crippen molar-refractivity contribution >= 4 is 192 Å². The molecule has 0 fully saturated rings. The van der Waals surface area contributed by atoms with Crippen molar-refractivity contribution in [2.45, 2.75) is 0 Å². The van der Waals surface area contributed by atoms with Crippen LogP contribution in [0.4, 0.5) is 102 Å². The highest BCUT2D eigenvalue weighted by molar-refractivity contribution is 7.03. The molecule has 0 aliphatic carbocycles. The molecule has 2 aromatic heterocycles. The van der Waals surface area contributed by atoms with E-state index in [4.69, 9.17) is 8.83 Å². The summed E-state index contributed by atoms with van der Waals surface area (Å²) in [5.74, 6) is 0.